The number of nitrogens with one attached hydrogen (secondary N) is 1. The number of hydrogen-bond acceptors (Lipinski definition) is 3. The van der Waals surface area contributed by atoms with Gasteiger partial charge in [0.15, 0.2) is 11.6 Å². The molecule has 3 nitrogen and oxygen atoms in total. The molecule has 0 saturated heterocycles. The Bertz CT molecular complexity index is 599. The molecule has 0 radical (unpaired) electrons. The number of ether oxygens (including phenoxy) is 1. The normalized spacial score (nSPS) is 11.7. The Morgan fingerprint density at radius 3 is 2.57 bits per heavy atom. The van der Waals surface area contributed by atoms with Crippen LogP contribution in [0.2, 0.25) is 0 Å². The lowest BCUT2D eigenvalue weighted by molar-refractivity contribution is 0.252. The molecule has 0 aliphatic heterocycles. The first-order chi connectivity index (χ1) is 9.85. The fourth-order valence-corrected chi connectivity index (χ4v) is 1.83. The van der Waals surface area contributed by atoms with Crippen LogP contribution < -0.4 is 10.1 Å². The third-order valence-electron chi connectivity index (χ3n) is 3.04. The average Bonchev–Trinajstić information content (AvgIpc) is 2.85. The van der Waals surface area contributed by atoms with Crippen molar-refractivity contribution < 1.29 is 13.5 Å². The van der Waals surface area contributed by atoms with Gasteiger partial charge in [-0.3, -0.25) is 0 Å². The highest BCUT2D eigenvalue weighted by atomic mass is 19.1. The monoisotopic (exact) mass is 291 g/mol. The van der Waals surface area contributed by atoms with Crippen molar-refractivity contribution in [3.05, 3.63) is 53.2 Å². The molecular formula is C17H22FNO2. The van der Waals surface area contributed by atoms with Crippen LogP contribution in [0.1, 0.15) is 37.9 Å². The Balaban J connectivity index is 1.92. The van der Waals surface area contributed by atoms with Gasteiger partial charge in [0.25, 0.3) is 0 Å². The molecular weight excluding hydrogens is 269 g/mol. The molecule has 0 fully saturated rings. The van der Waals surface area contributed by atoms with Crippen LogP contribution in [0.5, 0.6) is 5.75 Å². The lowest BCUT2D eigenvalue weighted by Crippen LogP contribution is -2.34. The summed E-state index contributed by atoms with van der Waals surface area (Å²) in [4.78, 5) is 0. The van der Waals surface area contributed by atoms with Gasteiger partial charge in [0.1, 0.15) is 18.1 Å². The summed E-state index contributed by atoms with van der Waals surface area (Å²) < 4.78 is 24.9. The van der Waals surface area contributed by atoms with E-state index in [4.69, 9.17) is 9.15 Å². The maximum atomic E-state index is 13.8. The summed E-state index contributed by atoms with van der Waals surface area (Å²) in [6.07, 6.45) is 0. The van der Waals surface area contributed by atoms with Crippen LogP contribution in [0, 0.1) is 12.7 Å². The summed E-state index contributed by atoms with van der Waals surface area (Å²) >= 11 is 0. The van der Waals surface area contributed by atoms with Crippen molar-refractivity contribution in [1.82, 2.24) is 5.32 Å². The van der Waals surface area contributed by atoms with E-state index in [1.54, 1.807) is 25.1 Å². The molecule has 0 saturated carbocycles. The van der Waals surface area contributed by atoms with Crippen molar-refractivity contribution in [2.75, 3.05) is 0 Å². The van der Waals surface area contributed by atoms with Gasteiger partial charge in [0.05, 0.1) is 6.54 Å². The van der Waals surface area contributed by atoms with Gasteiger partial charge in [-0.2, -0.15) is 0 Å². The maximum absolute atomic E-state index is 13.8. The van der Waals surface area contributed by atoms with Crippen molar-refractivity contribution in [2.24, 2.45) is 0 Å². The second-order valence-electron chi connectivity index (χ2n) is 6.15. The number of aryl methyl sites for hydroxylation is 1. The van der Waals surface area contributed by atoms with Gasteiger partial charge in [-0.1, -0.05) is 12.1 Å². The van der Waals surface area contributed by atoms with Crippen molar-refractivity contribution in [1.29, 1.82) is 0 Å². The minimum Gasteiger partial charge on any atom is -0.483 e. The highest BCUT2D eigenvalue weighted by molar-refractivity contribution is 5.30. The van der Waals surface area contributed by atoms with Gasteiger partial charge in [0.2, 0.25) is 0 Å². The lowest BCUT2D eigenvalue weighted by Gasteiger charge is -2.19. The lowest BCUT2D eigenvalue weighted by atomic mass is 10.1. The van der Waals surface area contributed by atoms with Gasteiger partial charge in [0, 0.05) is 5.54 Å². The van der Waals surface area contributed by atoms with Gasteiger partial charge in [-0.25, -0.2) is 4.39 Å². The predicted molar refractivity (Wildman–Crippen MR) is 80.8 cm³/mol. The van der Waals surface area contributed by atoms with Crippen LogP contribution >= 0.6 is 0 Å². The SMILES string of the molecule is Cc1cccc(OCc2ccc(CNC(C)(C)C)o2)c1F. The zero-order chi connectivity index (χ0) is 15.5. The fourth-order valence-electron chi connectivity index (χ4n) is 1.83. The molecule has 1 N–H and O–H groups in total. The minimum absolute atomic E-state index is 0.0359. The molecule has 114 valence electrons. The van der Waals surface area contributed by atoms with Gasteiger partial charge < -0.3 is 14.5 Å². The van der Waals surface area contributed by atoms with Crippen molar-refractivity contribution in [2.45, 2.75) is 46.4 Å². The molecule has 1 heterocycles. The topological polar surface area (TPSA) is 34.4 Å². The number of furan rings is 1. The molecule has 21 heavy (non-hydrogen) atoms. The smallest absolute Gasteiger partial charge is 0.167 e. The largest absolute Gasteiger partial charge is 0.483 e. The van der Waals surface area contributed by atoms with E-state index in [9.17, 15) is 4.39 Å². The summed E-state index contributed by atoms with van der Waals surface area (Å²) in [6, 6.07) is 8.87. The highest BCUT2D eigenvalue weighted by Crippen LogP contribution is 2.21. The molecule has 0 bridgehead atoms. The summed E-state index contributed by atoms with van der Waals surface area (Å²) in [5.41, 5.74) is 0.607. The van der Waals surface area contributed by atoms with E-state index in [2.05, 4.69) is 26.1 Å². The Morgan fingerprint density at radius 2 is 1.86 bits per heavy atom. The molecule has 2 rings (SSSR count). The van der Waals surface area contributed by atoms with Gasteiger partial charge in [-0.05, 0) is 51.5 Å². The van der Waals surface area contributed by atoms with E-state index in [-0.39, 0.29) is 23.7 Å². The average molecular weight is 291 g/mol. The molecule has 0 atom stereocenters. The molecule has 4 heteroatoms. The molecule has 1 aromatic carbocycles. The van der Waals surface area contributed by atoms with Crippen LogP contribution in [0.3, 0.4) is 0 Å². The van der Waals surface area contributed by atoms with Crippen molar-refractivity contribution in [3.8, 4) is 5.75 Å². The molecule has 2 aromatic rings. The van der Waals surface area contributed by atoms with E-state index in [1.165, 1.54) is 0 Å². The Labute approximate surface area is 125 Å². The Morgan fingerprint density at radius 1 is 1.14 bits per heavy atom. The predicted octanol–water partition coefficient (Wildman–Crippen LogP) is 4.19. The van der Waals surface area contributed by atoms with Crippen LogP contribution in [-0.4, -0.2) is 5.54 Å². The molecule has 0 unspecified atom stereocenters. The van der Waals surface area contributed by atoms with Crippen LogP contribution in [0.25, 0.3) is 0 Å². The second kappa shape index (κ2) is 6.31. The maximum Gasteiger partial charge on any atom is 0.167 e. The summed E-state index contributed by atoms with van der Waals surface area (Å²) in [5.74, 6) is 1.45. The summed E-state index contributed by atoms with van der Waals surface area (Å²) in [6.45, 7) is 8.88. The summed E-state index contributed by atoms with van der Waals surface area (Å²) in [5, 5.41) is 3.35. The van der Waals surface area contributed by atoms with Gasteiger partial charge in [-0.15, -0.1) is 0 Å². The molecule has 0 amide bonds. The molecule has 0 aliphatic rings. The van der Waals surface area contributed by atoms with E-state index in [0.717, 1.165) is 5.76 Å². The highest BCUT2D eigenvalue weighted by Gasteiger charge is 2.11. The molecule has 0 spiro atoms. The van der Waals surface area contributed by atoms with Crippen molar-refractivity contribution >= 4 is 0 Å². The van der Waals surface area contributed by atoms with Crippen molar-refractivity contribution in [3.63, 3.8) is 0 Å². The molecule has 0 aliphatic carbocycles. The second-order valence-corrected chi connectivity index (χ2v) is 6.15. The minimum atomic E-state index is -0.321. The molecule has 1 aromatic heterocycles. The standard InChI is InChI=1S/C17H22FNO2/c1-12-6-5-7-15(16(12)18)20-11-14-9-8-13(21-14)10-19-17(2,3)4/h5-9,19H,10-11H2,1-4H3. The third kappa shape index (κ3) is 4.60. The van der Waals surface area contributed by atoms with Crippen LogP contribution in [0.4, 0.5) is 4.39 Å². The zero-order valence-electron chi connectivity index (χ0n) is 13.0. The fraction of sp³-hybridized carbons (Fsp3) is 0.412. The Kier molecular flexibility index (Phi) is 4.68. The first-order valence-corrected chi connectivity index (χ1v) is 7.06. The summed E-state index contributed by atoms with van der Waals surface area (Å²) in [7, 11) is 0. The van der Waals surface area contributed by atoms with E-state index < -0.39 is 0 Å². The van der Waals surface area contributed by atoms with E-state index in [1.807, 2.05) is 12.1 Å². The third-order valence-corrected chi connectivity index (χ3v) is 3.04. The number of rotatable bonds is 5. The van der Waals surface area contributed by atoms with E-state index in [0.29, 0.717) is 17.9 Å². The Hall–Kier alpha value is -1.81. The van der Waals surface area contributed by atoms with E-state index >= 15 is 0 Å². The number of hydrogen-bond donors (Lipinski definition) is 1. The first-order valence-electron chi connectivity index (χ1n) is 7.06. The quantitative estimate of drug-likeness (QED) is 0.896. The number of benzene rings is 1. The van der Waals surface area contributed by atoms with Gasteiger partial charge >= 0.3 is 0 Å². The van der Waals surface area contributed by atoms with Crippen LogP contribution in [-0.2, 0) is 13.2 Å². The first kappa shape index (κ1) is 15.6. The van der Waals surface area contributed by atoms with Crippen LogP contribution in [0.15, 0.2) is 34.7 Å². The number of halogens is 1. The zero-order valence-corrected chi connectivity index (χ0v) is 13.0.